The van der Waals surface area contributed by atoms with Crippen molar-refractivity contribution in [2.75, 3.05) is 20.8 Å². The van der Waals surface area contributed by atoms with Crippen LogP contribution >= 0.6 is 43.2 Å². The van der Waals surface area contributed by atoms with Gasteiger partial charge in [-0.15, -0.1) is 0 Å². The molecule has 1 aromatic heterocycles. The summed E-state index contributed by atoms with van der Waals surface area (Å²) >= 11 is 8.32. The first-order chi connectivity index (χ1) is 20.7. The minimum absolute atomic E-state index is 0.181. The van der Waals surface area contributed by atoms with Crippen LogP contribution in [0.3, 0.4) is 0 Å². The van der Waals surface area contributed by atoms with E-state index in [0.29, 0.717) is 48.9 Å². The van der Waals surface area contributed by atoms with E-state index in [9.17, 15) is 9.59 Å². The van der Waals surface area contributed by atoms with Gasteiger partial charge in [0.2, 0.25) is 0 Å². The first kappa shape index (κ1) is 30.8. The quantitative estimate of drug-likeness (QED) is 0.199. The van der Waals surface area contributed by atoms with E-state index in [1.54, 1.807) is 39.2 Å². The van der Waals surface area contributed by atoms with Crippen LogP contribution in [0.2, 0.25) is 0 Å². The number of allylic oxidation sites excluding steroid dienone is 1. The normalized spacial score (nSPS) is 14.7. The van der Waals surface area contributed by atoms with Gasteiger partial charge in [0.15, 0.2) is 16.3 Å². The largest absolute Gasteiger partial charge is 0.493 e. The Morgan fingerprint density at radius 2 is 1.77 bits per heavy atom. The Hall–Kier alpha value is -3.67. The van der Waals surface area contributed by atoms with Gasteiger partial charge in [-0.2, -0.15) is 0 Å². The molecule has 8 nitrogen and oxygen atoms in total. The van der Waals surface area contributed by atoms with E-state index < -0.39 is 12.0 Å². The highest BCUT2D eigenvalue weighted by molar-refractivity contribution is 9.10. The lowest BCUT2D eigenvalue weighted by Crippen LogP contribution is -2.40. The summed E-state index contributed by atoms with van der Waals surface area (Å²) in [5.41, 5.74) is 2.93. The molecule has 0 spiro atoms. The molecule has 0 saturated carbocycles. The van der Waals surface area contributed by atoms with Crippen LogP contribution in [0.1, 0.15) is 36.6 Å². The van der Waals surface area contributed by atoms with Crippen molar-refractivity contribution in [3.8, 4) is 17.2 Å². The maximum Gasteiger partial charge on any atom is 0.338 e. The predicted octanol–water partition coefficient (Wildman–Crippen LogP) is 5.92. The molecule has 0 radical (unpaired) electrons. The number of halogens is 2. The highest BCUT2D eigenvalue weighted by Crippen LogP contribution is 2.40. The zero-order valence-corrected chi connectivity index (χ0v) is 27.8. The molecule has 0 saturated heterocycles. The molecule has 2 heterocycles. The maximum atomic E-state index is 14.0. The third kappa shape index (κ3) is 6.48. The summed E-state index contributed by atoms with van der Waals surface area (Å²) in [5.74, 6) is 1.10. The lowest BCUT2D eigenvalue weighted by molar-refractivity contribution is -0.139. The smallest absolute Gasteiger partial charge is 0.338 e. The third-order valence-electron chi connectivity index (χ3n) is 6.79. The molecule has 0 bridgehead atoms. The van der Waals surface area contributed by atoms with Crippen molar-refractivity contribution < 1.29 is 23.7 Å². The molecule has 0 N–H and O–H groups in total. The second-order valence-electron chi connectivity index (χ2n) is 9.52. The molecule has 0 fully saturated rings. The minimum atomic E-state index is -0.813. The van der Waals surface area contributed by atoms with Gasteiger partial charge >= 0.3 is 5.97 Å². The zero-order valence-electron chi connectivity index (χ0n) is 23.9. The van der Waals surface area contributed by atoms with Crippen LogP contribution in [0, 0.1) is 0 Å². The molecule has 1 atom stereocenters. The van der Waals surface area contributed by atoms with Crippen LogP contribution in [0.4, 0.5) is 0 Å². The molecule has 222 valence electrons. The van der Waals surface area contributed by atoms with Gasteiger partial charge in [-0.3, -0.25) is 9.36 Å². The number of aromatic nitrogens is 1. The van der Waals surface area contributed by atoms with Gasteiger partial charge in [0.25, 0.3) is 5.56 Å². The SMILES string of the molecule is CCOC(=O)C1=C(C)N=c2s/c(=C\c3cccc(OCc4ccc(Br)cc4)c3)c(=O)n2[C@@H]1c1cc(OC)c(OC)cc1Br. The summed E-state index contributed by atoms with van der Waals surface area (Å²) in [7, 11) is 3.08. The predicted molar refractivity (Wildman–Crippen MR) is 173 cm³/mol. The maximum absolute atomic E-state index is 14.0. The van der Waals surface area contributed by atoms with Gasteiger partial charge in [0.1, 0.15) is 12.4 Å². The number of ether oxygens (including phenoxy) is 4. The number of carbonyl (C=O) groups is 1. The summed E-state index contributed by atoms with van der Waals surface area (Å²) in [4.78, 5) is 32.5. The molecule has 4 aromatic rings. The van der Waals surface area contributed by atoms with Crippen LogP contribution in [-0.4, -0.2) is 31.4 Å². The highest BCUT2D eigenvalue weighted by Gasteiger charge is 2.35. The molecule has 43 heavy (non-hydrogen) atoms. The summed E-state index contributed by atoms with van der Waals surface area (Å²) in [6, 6.07) is 18.2. The number of thiazole rings is 1. The number of methoxy groups -OCH3 is 2. The second-order valence-corrected chi connectivity index (χ2v) is 12.3. The van der Waals surface area contributed by atoms with Crippen molar-refractivity contribution in [3.05, 3.63) is 117 Å². The van der Waals surface area contributed by atoms with Crippen molar-refractivity contribution in [2.24, 2.45) is 4.99 Å². The molecular formula is C32H28Br2N2O6S. The van der Waals surface area contributed by atoms with Gasteiger partial charge < -0.3 is 18.9 Å². The summed E-state index contributed by atoms with van der Waals surface area (Å²) < 4.78 is 26.1. The van der Waals surface area contributed by atoms with Gasteiger partial charge in [-0.05, 0) is 73.0 Å². The van der Waals surface area contributed by atoms with E-state index in [1.807, 2.05) is 48.5 Å². The van der Waals surface area contributed by atoms with Crippen LogP contribution in [0.5, 0.6) is 17.2 Å². The first-order valence-electron chi connectivity index (χ1n) is 13.3. The van der Waals surface area contributed by atoms with Crippen LogP contribution in [0.15, 0.2) is 90.7 Å². The fourth-order valence-corrected chi connectivity index (χ4v) is 6.61. The van der Waals surface area contributed by atoms with Crippen LogP contribution in [-0.2, 0) is 16.1 Å². The van der Waals surface area contributed by atoms with Gasteiger partial charge in [0, 0.05) is 8.95 Å². The van der Waals surface area contributed by atoms with Crippen molar-refractivity contribution in [1.82, 2.24) is 4.57 Å². The monoisotopic (exact) mass is 726 g/mol. The standard InChI is InChI=1S/C32H28Br2N2O6S/c1-5-41-31(38)28-18(2)35-32-36(29(28)23-15-25(39-3)26(40-4)16-24(23)34)30(37)27(43-32)14-20-7-6-8-22(13-20)42-17-19-9-11-21(33)12-10-19/h6-16,29H,5,17H2,1-4H3/b27-14-/t29-/m1/s1. The van der Waals surface area contributed by atoms with Crippen molar-refractivity contribution in [1.29, 1.82) is 0 Å². The van der Waals surface area contributed by atoms with E-state index in [1.165, 1.54) is 23.0 Å². The Morgan fingerprint density at radius 3 is 2.47 bits per heavy atom. The zero-order chi connectivity index (χ0) is 30.7. The average molecular weight is 728 g/mol. The average Bonchev–Trinajstić information content (AvgIpc) is 3.30. The fourth-order valence-electron chi connectivity index (χ4n) is 4.76. The van der Waals surface area contributed by atoms with Gasteiger partial charge in [0.05, 0.1) is 42.7 Å². The number of hydrogen-bond donors (Lipinski definition) is 0. The molecule has 1 aliphatic rings. The Morgan fingerprint density at radius 1 is 1.05 bits per heavy atom. The molecule has 0 aliphatic carbocycles. The summed E-state index contributed by atoms with van der Waals surface area (Å²) in [6.45, 7) is 4.08. The van der Waals surface area contributed by atoms with Gasteiger partial charge in [-0.1, -0.05) is 67.5 Å². The van der Waals surface area contributed by atoms with Gasteiger partial charge in [-0.25, -0.2) is 9.79 Å². The highest BCUT2D eigenvalue weighted by atomic mass is 79.9. The molecule has 0 amide bonds. The lowest BCUT2D eigenvalue weighted by atomic mass is 9.95. The fraction of sp³-hybridized carbons (Fsp3) is 0.219. The molecular weight excluding hydrogens is 700 g/mol. The van der Waals surface area contributed by atoms with E-state index in [4.69, 9.17) is 18.9 Å². The number of fused-ring (bicyclic) bond motifs is 1. The number of hydrogen-bond acceptors (Lipinski definition) is 8. The Labute approximate surface area is 269 Å². The van der Waals surface area contributed by atoms with Crippen LogP contribution in [0.25, 0.3) is 6.08 Å². The Balaban J connectivity index is 1.59. The van der Waals surface area contributed by atoms with E-state index >= 15 is 0 Å². The Kier molecular flexibility index (Phi) is 9.53. The van der Waals surface area contributed by atoms with Crippen LogP contribution < -0.4 is 29.1 Å². The molecule has 0 unspecified atom stereocenters. The van der Waals surface area contributed by atoms with E-state index in [0.717, 1.165) is 15.6 Å². The molecule has 5 rings (SSSR count). The first-order valence-corrected chi connectivity index (χ1v) is 15.7. The van der Waals surface area contributed by atoms with E-state index in [-0.39, 0.29) is 17.7 Å². The third-order valence-corrected chi connectivity index (χ3v) is 8.99. The van der Waals surface area contributed by atoms with E-state index in [2.05, 4.69) is 36.9 Å². The number of benzene rings is 3. The number of esters is 1. The topological polar surface area (TPSA) is 88.4 Å². The summed E-state index contributed by atoms with van der Waals surface area (Å²) in [5, 5.41) is 0. The van der Waals surface area contributed by atoms with Crippen molar-refractivity contribution in [2.45, 2.75) is 26.5 Å². The second kappa shape index (κ2) is 13.3. The number of nitrogens with zero attached hydrogens (tertiary/aromatic N) is 2. The minimum Gasteiger partial charge on any atom is -0.493 e. The van der Waals surface area contributed by atoms with Crippen molar-refractivity contribution in [3.63, 3.8) is 0 Å². The lowest BCUT2D eigenvalue weighted by Gasteiger charge is -2.26. The molecule has 11 heteroatoms. The number of carbonyl (C=O) groups excluding carboxylic acids is 1. The molecule has 3 aromatic carbocycles. The Bertz CT molecular complexity index is 1900. The molecule has 1 aliphatic heterocycles. The van der Waals surface area contributed by atoms with Crippen molar-refractivity contribution >= 4 is 55.2 Å². The number of rotatable bonds is 9. The summed E-state index contributed by atoms with van der Waals surface area (Å²) in [6.07, 6.45) is 1.81.